The normalized spacial score (nSPS) is 9.41. The van der Waals surface area contributed by atoms with E-state index in [2.05, 4.69) is 9.68 Å². The van der Waals surface area contributed by atoms with Crippen LogP contribution in [0, 0.1) is 0 Å². The van der Waals surface area contributed by atoms with Gasteiger partial charge in [0.15, 0.2) is 0 Å². The number of hydrogen-bond donors (Lipinski definition) is 0. The Bertz CT molecular complexity index is 474. The van der Waals surface area contributed by atoms with Crippen LogP contribution in [0.2, 0.25) is 0 Å². The van der Waals surface area contributed by atoms with Gasteiger partial charge in [0, 0.05) is 0 Å². The molecule has 0 saturated heterocycles. The van der Waals surface area contributed by atoms with E-state index >= 15 is 0 Å². The molecule has 0 saturated carbocycles. The van der Waals surface area contributed by atoms with Crippen molar-refractivity contribution in [1.82, 2.24) is 5.16 Å². The first-order chi connectivity index (χ1) is 8.38. The molecule has 0 aliphatic heterocycles. The Morgan fingerprint density at radius 1 is 1.06 bits per heavy atom. The predicted molar refractivity (Wildman–Crippen MR) is 68.6 cm³/mol. The molecule has 3 rings (SSSR count). The van der Waals surface area contributed by atoms with Crippen molar-refractivity contribution in [3.63, 3.8) is 0 Å². The van der Waals surface area contributed by atoms with Crippen LogP contribution in [0.1, 0.15) is 14.5 Å². The van der Waals surface area contributed by atoms with Crippen LogP contribution >= 0.6 is 22.7 Å². The maximum Gasteiger partial charge on any atom is 0.212 e. The molecule has 3 heterocycles. The highest BCUT2D eigenvalue weighted by molar-refractivity contribution is 7.15. The lowest BCUT2D eigenvalue weighted by Crippen LogP contribution is -1.93. The van der Waals surface area contributed by atoms with Crippen molar-refractivity contribution < 1.29 is 9.32 Å². The van der Waals surface area contributed by atoms with E-state index in [1.54, 1.807) is 12.3 Å². The summed E-state index contributed by atoms with van der Waals surface area (Å²) in [5.74, 6) is 0.139. The van der Waals surface area contributed by atoms with E-state index in [0.29, 0.717) is 0 Å². The number of carbonyl (C=O) groups is 1. The fraction of sp³-hybridized carbons (Fsp3) is 0. The molecule has 0 spiro atoms. The Kier molecular flexibility index (Phi) is 4.23. The van der Waals surface area contributed by atoms with Gasteiger partial charge in [-0.1, -0.05) is 17.3 Å². The third kappa shape index (κ3) is 3.37. The van der Waals surface area contributed by atoms with Gasteiger partial charge in [-0.25, -0.2) is 0 Å². The van der Waals surface area contributed by atoms with E-state index in [0.717, 1.165) is 9.75 Å². The van der Waals surface area contributed by atoms with Crippen LogP contribution in [0.3, 0.4) is 0 Å². The SMILES string of the molecule is O=C(c1cccs1)c1cccs1.c1cnoc1. The van der Waals surface area contributed by atoms with Crippen LogP contribution in [0.5, 0.6) is 0 Å². The molecular formula is C12H9NO2S2. The molecule has 3 aromatic heterocycles. The molecule has 5 heteroatoms. The van der Waals surface area contributed by atoms with Crippen LogP contribution in [-0.2, 0) is 0 Å². The molecule has 86 valence electrons. The van der Waals surface area contributed by atoms with Gasteiger partial charge in [0.1, 0.15) is 6.26 Å². The van der Waals surface area contributed by atoms with Crippen molar-refractivity contribution in [3.8, 4) is 0 Å². The molecule has 0 bridgehead atoms. The molecule has 0 atom stereocenters. The third-order valence-electron chi connectivity index (χ3n) is 1.84. The van der Waals surface area contributed by atoms with Crippen molar-refractivity contribution in [2.24, 2.45) is 0 Å². The van der Waals surface area contributed by atoms with E-state index in [1.165, 1.54) is 28.9 Å². The van der Waals surface area contributed by atoms with Crippen LogP contribution in [0.25, 0.3) is 0 Å². The molecule has 17 heavy (non-hydrogen) atoms. The molecule has 0 amide bonds. The maximum atomic E-state index is 11.6. The summed E-state index contributed by atoms with van der Waals surface area (Å²) in [5, 5.41) is 7.18. The highest BCUT2D eigenvalue weighted by atomic mass is 32.1. The van der Waals surface area contributed by atoms with Gasteiger partial charge in [0.05, 0.1) is 16.0 Å². The van der Waals surface area contributed by atoms with E-state index in [1.807, 2.05) is 35.0 Å². The van der Waals surface area contributed by atoms with Crippen molar-refractivity contribution in [1.29, 1.82) is 0 Å². The van der Waals surface area contributed by atoms with E-state index < -0.39 is 0 Å². The molecule has 3 aromatic rings. The highest BCUT2D eigenvalue weighted by Crippen LogP contribution is 2.18. The van der Waals surface area contributed by atoms with Crippen LogP contribution in [-0.4, -0.2) is 10.9 Å². The van der Waals surface area contributed by atoms with Gasteiger partial charge in [-0.15, -0.1) is 22.7 Å². The second kappa shape index (κ2) is 6.12. The first-order valence-electron chi connectivity index (χ1n) is 4.84. The Morgan fingerprint density at radius 2 is 1.71 bits per heavy atom. The average Bonchev–Trinajstić information content (AvgIpc) is 3.11. The van der Waals surface area contributed by atoms with Gasteiger partial charge >= 0.3 is 0 Å². The average molecular weight is 263 g/mol. The molecule has 0 aliphatic rings. The zero-order valence-corrected chi connectivity index (χ0v) is 10.4. The molecule has 0 radical (unpaired) electrons. The minimum absolute atomic E-state index is 0.139. The molecule has 0 fully saturated rings. The molecule has 0 aromatic carbocycles. The number of ketones is 1. The Hall–Kier alpha value is -1.72. The first kappa shape index (κ1) is 11.8. The topological polar surface area (TPSA) is 43.1 Å². The monoisotopic (exact) mass is 263 g/mol. The number of aromatic nitrogens is 1. The Balaban J connectivity index is 0.000000181. The summed E-state index contributed by atoms with van der Waals surface area (Å²) < 4.78 is 4.33. The van der Waals surface area contributed by atoms with Gasteiger partial charge in [-0.3, -0.25) is 4.79 Å². The van der Waals surface area contributed by atoms with Gasteiger partial charge in [0.2, 0.25) is 5.78 Å². The molecular weight excluding hydrogens is 254 g/mol. The zero-order chi connectivity index (χ0) is 11.9. The summed E-state index contributed by atoms with van der Waals surface area (Å²) in [4.78, 5) is 13.2. The van der Waals surface area contributed by atoms with Gasteiger partial charge in [-0.2, -0.15) is 0 Å². The van der Waals surface area contributed by atoms with Gasteiger partial charge < -0.3 is 4.52 Å². The number of hydrogen-bond acceptors (Lipinski definition) is 5. The Labute approximate surface area is 106 Å². The summed E-state index contributed by atoms with van der Waals surface area (Å²) in [7, 11) is 0. The highest BCUT2D eigenvalue weighted by Gasteiger charge is 2.09. The summed E-state index contributed by atoms with van der Waals surface area (Å²) in [5.41, 5.74) is 0. The second-order valence-electron chi connectivity index (χ2n) is 2.97. The summed E-state index contributed by atoms with van der Waals surface area (Å²) in [6.07, 6.45) is 3.10. The number of carbonyl (C=O) groups excluding carboxylic acids is 1. The minimum Gasteiger partial charge on any atom is -0.365 e. The lowest BCUT2D eigenvalue weighted by molar-refractivity contribution is 0.104. The molecule has 0 aliphatic carbocycles. The van der Waals surface area contributed by atoms with E-state index in [9.17, 15) is 4.79 Å². The third-order valence-corrected chi connectivity index (χ3v) is 3.57. The number of thiophene rings is 2. The smallest absolute Gasteiger partial charge is 0.212 e. The summed E-state index contributed by atoms with van der Waals surface area (Å²) in [6, 6.07) is 9.22. The van der Waals surface area contributed by atoms with Crippen LogP contribution < -0.4 is 0 Å². The van der Waals surface area contributed by atoms with Crippen molar-refractivity contribution in [2.45, 2.75) is 0 Å². The van der Waals surface area contributed by atoms with Crippen LogP contribution in [0.15, 0.2) is 58.1 Å². The van der Waals surface area contributed by atoms with Crippen LogP contribution in [0.4, 0.5) is 0 Å². The zero-order valence-electron chi connectivity index (χ0n) is 8.78. The minimum atomic E-state index is 0.139. The largest absolute Gasteiger partial charge is 0.365 e. The van der Waals surface area contributed by atoms with Crippen molar-refractivity contribution in [3.05, 3.63) is 63.3 Å². The van der Waals surface area contributed by atoms with Crippen molar-refractivity contribution >= 4 is 28.5 Å². The fourth-order valence-electron chi connectivity index (χ4n) is 1.11. The summed E-state index contributed by atoms with van der Waals surface area (Å²) >= 11 is 2.97. The second-order valence-corrected chi connectivity index (χ2v) is 4.87. The number of nitrogens with zero attached hydrogens (tertiary/aromatic N) is 1. The summed E-state index contributed by atoms with van der Waals surface area (Å²) in [6.45, 7) is 0. The first-order valence-corrected chi connectivity index (χ1v) is 6.60. The number of rotatable bonds is 2. The maximum absolute atomic E-state index is 11.6. The van der Waals surface area contributed by atoms with Crippen molar-refractivity contribution in [2.75, 3.05) is 0 Å². The fourth-order valence-corrected chi connectivity index (χ4v) is 2.53. The Morgan fingerprint density at radius 3 is 2.00 bits per heavy atom. The quantitative estimate of drug-likeness (QED) is 0.662. The van der Waals surface area contributed by atoms with Gasteiger partial charge in [0.25, 0.3) is 0 Å². The standard InChI is InChI=1S/C9H6OS2.C3H3NO/c10-9(7-3-1-5-11-7)8-4-2-6-12-8;1-2-4-5-3-1/h1-6H;1-3H. The molecule has 3 nitrogen and oxygen atoms in total. The predicted octanol–water partition coefficient (Wildman–Crippen LogP) is 3.72. The molecule has 0 N–H and O–H groups in total. The van der Waals surface area contributed by atoms with E-state index in [-0.39, 0.29) is 5.78 Å². The van der Waals surface area contributed by atoms with E-state index in [4.69, 9.17) is 0 Å². The van der Waals surface area contributed by atoms with Gasteiger partial charge in [-0.05, 0) is 29.0 Å². The molecule has 0 unspecified atom stereocenters. The lowest BCUT2D eigenvalue weighted by atomic mass is 10.3. The lowest BCUT2D eigenvalue weighted by Gasteiger charge is -1.89.